The minimum Gasteiger partial charge on any atom is -0.395 e. The number of benzene rings is 1. The van der Waals surface area contributed by atoms with E-state index >= 15 is 0 Å². The van der Waals surface area contributed by atoms with Gasteiger partial charge in [-0.3, -0.25) is 0 Å². The second kappa shape index (κ2) is 6.38. The molecule has 0 aliphatic heterocycles. The normalized spacial score (nSPS) is 14.9. The van der Waals surface area contributed by atoms with Gasteiger partial charge in [0, 0.05) is 22.1 Å². The maximum atomic E-state index is 8.99. The van der Waals surface area contributed by atoms with E-state index in [-0.39, 0.29) is 17.1 Å². The molecule has 0 amide bonds. The maximum absolute atomic E-state index is 8.99. The highest BCUT2D eigenvalue weighted by molar-refractivity contribution is 8.00. The van der Waals surface area contributed by atoms with Crippen molar-refractivity contribution in [1.82, 2.24) is 0 Å². The maximum Gasteiger partial charge on any atom is 0.0547 e. The van der Waals surface area contributed by atoms with Gasteiger partial charge in [-0.15, -0.1) is 11.8 Å². The molecule has 1 aromatic rings. The Kier molecular flexibility index (Phi) is 5.47. The highest BCUT2D eigenvalue weighted by atomic mass is 35.5. The SMILES string of the molecule is CC(CO)SC(CN)c1ccc(Cl)cc1. The van der Waals surface area contributed by atoms with Crippen LogP contribution in [0.15, 0.2) is 24.3 Å². The number of hydrogen-bond donors (Lipinski definition) is 2. The topological polar surface area (TPSA) is 46.2 Å². The largest absolute Gasteiger partial charge is 0.395 e. The Labute approximate surface area is 99.8 Å². The minimum atomic E-state index is 0.175. The molecule has 0 spiro atoms. The molecule has 0 radical (unpaired) electrons. The summed E-state index contributed by atoms with van der Waals surface area (Å²) in [5, 5.41) is 10.1. The van der Waals surface area contributed by atoms with Crippen LogP contribution < -0.4 is 5.73 Å². The molecule has 2 unspecified atom stereocenters. The van der Waals surface area contributed by atoms with Gasteiger partial charge in [0.15, 0.2) is 0 Å². The molecule has 0 heterocycles. The summed E-state index contributed by atoms with van der Waals surface area (Å²) < 4.78 is 0. The first kappa shape index (κ1) is 12.8. The monoisotopic (exact) mass is 245 g/mol. The van der Waals surface area contributed by atoms with Crippen molar-refractivity contribution in [3.05, 3.63) is 34.9 Å². The van der Waals surface area contributed by atoms with Crippen molar-refractivity contribution in [3.8, 4) is 0 Å². The standard InChI is InChI=1S/C11H16ClNOS/c1-8(7-14)15-11(6-13)9-2-4-10(12)5-3-9/h2-5,8,11,14H,6-7,13H2,1H3. The van der Waals surface area contributed by atoms with Crippen LogP contribution in [0.3, 0.4) is 0 Å². The Morgan fingerprint density at radius 3 is 2.47 bits per heavy atom. The van der Waals surface area contributed by atoms with Crippen molar-refractivity contribution < 1.29 is 5.11 Å². The van der Waals surface area contributed by atoms with Crippen molar-refractivity contribution >= 4 is 23.4 Å². The number of hydrogen-bond acceptors (Lipinski definition) is 3. The fourth-order valence-electron chi connectivity index (χ4n) is 1.27. The second-order valence-corrected chi connectivity index (χ2v) is 5.49. The van der Waals surface area contributed by atoms with E-state index in [9.17, 15) is 0 Å². The van der Waals surface area contributed by atoms with Crippen molar-refractivity contribution in [1.29, 1.82) is 0 Å². The Balaban J connectivity index is 2.69. The van der Waals surface area contributed by atoms with E-state index in [2.05, 4.69) is 0 Å². The summed E-state index contributed by atoms with van der Waals surface area (Å²) in [6, 6.07) is 7.70. The van der Waals surface area contributed by atoms with E-state index in [1.165, 1.54) is 0 Å². The van der Waals surface area contributed by atoms with Gasteiger partial charge >= 0.3 is 0 Å². The molecular weight excluding hydrogens is 230 g/mol. The third-order valence-electron chi connectivity index (χ3n) is 2.11. The number of aliphatic hydroxyl groups is 1. The zero-order valence-electron chi connectivity index (χ0n) is 8.69. The smallest absolute Gasteiger partial charge is 0.0547 e. The molecule has 0 aromatic heterocycles. The molecule has 1 rings (SSSR count). The van der Waals surface area contributed by atoms with E-state index in [1.54, 1.807) is 11.8 Å². The first-order valence-electron chi connectivity index (χ1n) is 4.89. The molecule has 4 heteroatoms. The summed E-state index contributed by atoms with van der Waals surface area (Å²) in [6.07, 6.45) is 0. The average Bonchev–Trinajstić information content (AvgIpc) is 2.27. The van der Waals surface area contributed by atoms with Gasteiger partial charge in [-0.05, 0) is 17.7 Å². The van der Waals surface area contributed by atoms with Crippen LogP contribution >= 0.6 is 23.4 Å². The van der Waals surface area contributed by atoms with E-state index in [0.29, 0.717) is 6.54 Å². The van der Waals surface area contributed by atoms with Gasteiger partial charge in [0.1, 0.15) is 0 Å². The number of thioether (sulfide) groups is 1. The third-order valence-corrected chi connectivity index (χ3v) is 3.77. The lowest BCUT2D eigenvalue weighted by Crippen LogP contribution is -2.14. The molecule has 3 N–H and O–H groups in total. The Bertz CT molecular complexity index is 291. The summed E-state index contributed by atoms with van der Waals surface area (Å²) in [5.41, 5.74) is 6.87. The molecule has 2 nitrogen and oxygen atoms in total. The third kappa shape index (κ3) is 4.03. The summed E-state index contributed by atoms with van der Waals surface area (Å²) >= 11 is 7.50. The number of halogens is 1. The minimum absolute atomic E-state index is 0.175. The van der Waals surface area contributed by atoms with Gasteiger partial charge in [0.25, 0.3) is 0 Å². The molecule has 0 fully saturated rings. The van der Waals surface area contributed by atoms with Gasteiger partial charge in [0.2, 0.25) is 0 Å². The lowest BCUT2D eigenvalue weighted by molar-refractivity contribution is 0.300. The molecule has 1 aromatic carbocycles. The number of rotatable bonds is 5. The quantitative estimate of drug-likeness (QED) is 0.838. The predicted molar refractivity (Wildman–Crippen MR) is 67.4 cm³/mol. The molecule has 0 bridgehead atoms. The van der Waals surface area contributed by atoms with Crippen LogP contribution in [0.25, 0.3) is 0 Å². The van der Waals surface area contributed by atoms with Crippen LogP contribution in [-0.4, -0.2) is 23.5 Å². The van der Waals surface area contributed by atoms with Crippen LogP contribution in [0.2, 0.25) is 5.02 Å². The van der Waals surface area contributed by atoms with Gasteiger partial charge in [-0.2, -0.15) is 0 Å². The Hall–Kier alpha value is -0.220. The van der Waals surface area contributed by atoms with E-state index in [1.807, 2.05) is 31.2 Å². The molecule has 0 saturated carbocycles. The second-order valence-electron chi connectivity index (χ2n) is 3.41. The lowest BCUT2D eigenvalue weighted by Gasteiger charge is -2.18. The first-order chi connectivity index (χ1) is 7.17. The fraction of sp³-hybridized carbons (Fsp3) is 0.455. The van der Waals surface area contributed by atoms with Crippen molar-refractivity contribution in [2.45, 2.75) is 17.4 Å². The molecule has 0 aliphatic rings. The van der Waals surface area contributed by atoms with Crippen LogP contribution in [0.4, 0.5) is 0 Å². The van der Waals surface area contributed by atoms with Crippen molar-refractivity contribution in [3.63, 3.8) is 0 Å². The van der Waals surface area contributed by atoms with E-state index in [4.69, 9.17) is 22.4 Å². The van der Waals surface area contributed by atoms with E-state index in [0.717, 1.165) is 10.6 Å². The molecule has 2 atom stereocenters. The summed E-state index contributed by atoms with van der Waals surface area (Å²) in [7, 11) is 0. The zero-order chi connectivity index (χ0) is 11.3. The van der Waals surface area contributed by atoms with Crippen LogP contribution in [0, 0.1) is 0 Å². The van der Waals surface area contributed by atoms with Crippen LogP contribution in [0.1, 0.15) is 17.7 Å². The zero-order valence-corrected chi connectivity index (χ0v) is 10.3. The van der Waals surface area contributed by atoms with E-state index < -0.39 is 0 Å². The number of nitrogens with two attached hydrogens (primary N) is 1. The van der Waals surface area contributed by atoms with Gasteiger partial charge < -0.3 is 10.8 Å². The fourth-order valence-corrected chi connectivity index (χ4v) is 2.47. The average molecular weight is 246 g/mol. The summed E-state index contributed by atoms with van der Waals surface area (Å²) in [4.78, 5) is 0. The Morgan fingerprint density at radius 2 is 2.00 bits per heavy atom. The summed E-state index contributed by atoms with van der Waals surface area (Å²) in [6.45, 7) is 2.73. The molecule has 0 saturated heterocycles. The highest BCUT2D eigenvalue weighted by Gasteiger charge is 2.13. The highest BCUT2D eigenvalue weighted by Crippen LogP contribution is 2.31. The van der Waals surface area contributed by atoms with Gasteiger partial charge in [-0.25, -0.2) is 0 Å². The molecule has 84 valence electrons. The number of aliphatic hydroxyl groups excluding tert-OH is 1. The van der Waals surface area contributed by atoms with Crippen molar-refractivity contribution in [2.75, 3.05) is 13.2 Å². The Morgan fingerprint density at radius 1 is 1.40 bits per heavy atom. The predicted octanol–water partition coefficient (Wildman–Crippen LogP) is 2.45. The van der Waals surface area contributed by atoms with Gasteiger partial charge in [0.05, 0.1) is 6.61 Å². The van der Waals surface area contributed by atoms with Crippen molar-refractivity contribution in [2.24, 2.45) is 5.73 Å². The summed E-state index contributed by atoms with van der Waals surface area (Å²) in [5.74, 6) is 0. The molecular formula is C11H16ClNOS. The van der Waals surface area contributed by atoms with Gasteiger partial charge in [-0.1, -0.05) is 30.7 Å². The first-order valence-corrected chi connectivity index (χ1v) is 6.21. The van der Waals surface area contributed by atoms with Crippen LogP contribution in [0.5, 0.6) is 0 Å². The molecule has 15 heavy (non-hydrogen) atoms. The molecule has 0 aliphatic carbocycles. The van der Waals surface area contributed by atoms with Crippen LogP contribution in [-0.2, 0) is 0 Å². The lowest BCUT2D eigenvalue weighted by atomic mass is 10.1.